The van der Waals surface area contributed by atoms with Crippen LogP contribution in [0, 0.1) is 6.92 Å². The first-order valence-electron chi connectivity index (χ1n) is 8.51. The molecule has 0 radical (unpaired) electrons. The molecule has 0 saturated heterocycles. The Balaban J connectivity index is 2.03. The lowest BCUT2D eigenvalue weighted by Gasteiger charge is -2.14. The molecule has 0 unspecified atom stereocenters. The molecule has 0 amide bonds. The molecule has 0 fully saturated rings. The van der Waals surface area contributed by atoms with Gasteiger partial charge in [0.05, 0.1) is 6.61 Å². The highest BCUT2D eigenvalue weighted by Gasteiger charge is 2.09. The average molecular weight is 332 g/mol. The Kier molecular flexibility index (Phi) is 5.20. The van der Waals surface area contributed by atoms with Crippen LogP contribution < -0.4 is 4.74 Å². The smallest absolute Gasteiger partial charge is 0.127 e. The van der Waals surface area contributed by atoms with Gasteiger partial charge in [-0.3, -0.25) is 0 Å². The number of allylic oxidation sites excluding steroid dienone is 1. The number of methoxy groups -OCH3 is 1. The van der Waals surface area contributed by atoms with Gasteiger partial charge in [0.1, 0.15) is 12.4 Å². The molecule has 0 atom stereocenters. The first-order valence-corrected chi connectivity index (χ1v) is 8.51. The van der Waals surface area contributed by atoms with E-state index in [1.807, 2.05) is 6.92 Å². The quantitative estimate of drug-likeness (QED) is 0.525. The fourth-order valence-electron chi connectivity index (χ4n) is 2.89. The third-order valence-corrected chi connectivity index (χ3v) is 4.33. The second kappa shape index (κ2) is 7.54. The van der Waals surface area contributed by atoms with Gasteiger partial charge in [-0.15, -0.1) is 0 Å². The highest BCUT2D eigenvalue weighted by Crippen LogP contribution is 2.33. The molecule has 0 aliphatic heterocycles. The summed E-state index contributed by atoms with van der Waals surface area (Å²) in [5, 5.41) is 2.35. The van der Waals surface area contributed by atoms with Crippen LogP contribution in [0.3, 0.4) is 0 Å². The van der Waals surface area contributed by atoms with Gasteiger partial charge in [-0.05, 0) is 59.5 Å². The van der Waals surface area contributed by atoms with Crippen molar-refractivity contribution in [3.05, 3.63) is 72.3 Å². The fraction of sp³-hybridized carbons (Fsp3) is 0.217. The van der Waals surface area contributed by atoms with E-state index in [9.17, 15) is 0 Å². The second-order valence-corrected chi connectivity index (χ2v) is 6.40. The van der Waals surface area contributed by atoms with E-state index in [2.05, 4.69) is 68.1 Å². The number of aryl methyl sites for hydroxylation is 1. The van der Waals surface area contributed by atoms with Crippen molar-refractivity contribution in [1.82, 2.24) is 0 Å². The van der Waals surface area contributed by atoms with Gasteiger partial charge in [0.25, 0.3) is 0 Å². The van der Waals surface area contributed by atoms with Gasteiger partial charge in [-0.25, -0.2) is 0 Å². The molecule has 0 aliphatic rings. The molecule has 3 rings (SSSR count). The zero-order valence-electron chi connectivity index (χ0n) is 15.1. The number of fused-ring (bicyclic) bond motifs is 1. The molecule has 0 aromatic heterocycles. The van der Waals surface area contributed by atoms with E-state index in [1.54, 1.807) is 7.11 Å². The third kappa shape index (κ3) is 3.92. The van der Waals surface area contributed by atoms with Crippen LogP contribution in [0.2, 0.25) is 0 Å². The van der Waals surface area contributed by atoms with Crippen LogP contribution in [0.15, 0.2) is 61.2 Å². The van der Waals surface area contributed by atoms with Gasteiger partial charge in [0.2, 0.25) is 0 Å². The molecule has 2 heteroatoms. The number of rotatable bonds is 6. The van der Waals surface area contributed by atoms with E-state index in [0.717, 1.165) is 22.3 Å². The first-order chi connectivity index (χ1) is 12.1. The van der Waals surface area contributed by atoms with E-state index in [0.29, 0.717) is 13.2 Å². The summed E-state index contributed by atoms with van der Waals surface area (Å²) in [6, 6.07) is 19.4. The summed E-state index contributed by atoms with van der Waals surface area (Å²) < 4.78 is 11.0. The Hall–Kier alpha value is -2.58. The maximum atomic E-state index is 5.89. The maximum Gasteiger partial charge on any atom is 0.127 e. The Morgan fingerprint density at radius 3 is 2.28 bits per heavy atom. The normalized spacial score (nSPS) is 10.8. The molecule has 0 N–H and O–H groups in total. The standard InChI is InChI=1S/C23H24O2/c1-16(2)22-14-21-13-19(18-7-5-17(3)6-8-18)9-10-20(21)15-23(22)25-12-11-24-4/h5-10,13-15H,1,11-12H2,2-4H3. The molecule has 3 aromatic rings. The molecule has 2 nitrogen and oxygen atoms in total. The molecule has 0 saturated carbocycles. The number of benzene rings is 3. The van der Waals surface area contributed by atoms with Crippen LogP contribution >= 0.6 is 0 Å². The minimum atomic E-state index is 0.531. The van der Waals surface area contributed by atoms with Crippen LogP contribution in [0.1, 0.15) is 18.1 Å². The molecular weight excluding hydrogens is 308 g/mol. The maximum absolute atomic E-state index is 5.89. The number of ether oxygens (including phenoxy) is 2. The number of hydrogen-bond acceptors (Lipinski definition) is 2. The molecule has 128 valence electrons. The van der Waals surface area contributed by atoms with Crippen molar-refractivity contribution in [2.45, 2.75) is 13.8 Å². The Morgan fingerprint density at radius 2 is 1.60 bits per heavy atom. The lowest BCUT2D eigenvalue weighted by atomic mass is 9.97. The zero-order chi connectivity index (χ0) is 17.8. The lowest BCUT2D eigenvalue weighted by molar-refractivity contribution is 0.146. The minimum Gasteiger partial charge on any atom is -0.491 e. The Labute approximate surface area is 149 Å². The third-order valence-electron chi connectivity index (χ3n) is 4.33. The van der Waals surface area contributed by atoms with Crippen LogP contribution in [0.5, 0.6) is 5.75 Å². The van der Waals surface area contributed by atoms with Crippen LogP contribution in [-0.2, 0) is 4.74 Å². The average Bonchev–Trinajstić information content (AvgIpc) is 2.61. The molecule has 25 heavy (non-hydrogen) atoms. The second-order valence-electron chi connectivity index (χ2n) is 6.40. The predicted molar refractivity (Wildman–Crippen MR) is 106 cm³/mol. The van der Waals surface area contributed by atoms with Gasteiger partial charge in [-0.1, -0.05) is 48.5 Å². The van der Waals surface area contributed by atoms with Gasteiger partial charge in [-0.2, -0.15) is 0 Å². The van der Waals surface area contributed by atoms with Crippen LogP contribution in [-0.4, -0.2) is 20.3 Å². The van der Waals surface area contributed by atoms with Crippen molar-refractivity contribution in [1.29, 1.82) is 0 Å². The topological polar surface area (TPSA) is 18.5 Å². The molecule has 0 heterocycles. The fourth-order valence-corrected chi connectivity index (χ4v) is 2.89. The molecule has 3 aromatic carbocycles. The molecular formula is C23H24O2. The summed E-state index contributed by atoms with van der Waals surface area (Å²) >= 11 is 0. The summed E-state index contributed by atoms with van der Waals surface area (Å²) in [6.45, 7) is 9.31. The van der Waals surface area contributed by atoms with E-state index in [4.69, 9.17) is 9.47 Å². The van der Waals surface area contributed by atoms with E-state index in [-0.39, 0.29) is 0 Å². The molecule has 0 spiro atoms. The molecule has 0 bridgehead atoms. The van der Waals surface area contributed by atoms with Crippen LogP contribution in [0.25, 0.3) is 27.5 Å². The summed E-state index contributed by atoms with van der Waals surface area (Å²) in [4.78, 5) is 0. The van der Waals surface area contributed by atoms with Crippen molar-refractivity contribution in [3.8, 4) is 16.9 Å². The largest absolute Gasteiger partial charge is 0.491 e. The predicted octanol–water partition coefficient (Wildman–Crippen LogP) is 5.87. The van der Waals surface area contributed by atoms with Gasteiger partial charge in [0, 0.05) is 12.7 Å². The van der Waals surface area contributed by atoms with Crippen molar-refractivity contribution in [3.63, 3.8) is 0 Å². The Morgan fingerprint density at radius 1 is 0.880 bits per heavy atom. The highest BCUT2D eigenvalue weighted by atomic mass is 16.5. The SMILES string of the molecule is C=C(C)c1cc2cc(-c3ccc(C)cc3)ccc2cc1OCCOC. The van der Waals surface area contributed by atoms with E-state index >= 15 is 0 Å². The Bertz CT molecular complexity index is 892. The number of hydrogen-bond donors (Lipinski definition) is 0. The van der Waals surface area contributed by atoms with Crippen molar-refractivity contribution in [2.24, 2.45) is 0 Å². The van der Waals surface area contributed by atoms with Crippen molar-refractivity contribution < 1.29 is 9.47 Å². The van der Waals surface area contributed by atoms with Crippen LogP contribution in [0.4, 0.5) is 0 Å². The van der Waals surface area contributed by atoms with E-state index < -0.39 is 0 Å². The highest BCUT2D eigenvalue weighted by molar-refractivity contribution is 5.92. The molecule has 0 aliphatic carbocycles. The summed E-state index contributed by atoms with van der Waals surface area (Å²) in [5.41, 5.74) is 5.75. The monoisotopic (exact) mass is 332 g/mol. The van der Waals surface area contributed by atoms with Gasteiger partial charge in [0.15, 0.2) is 0 Å². The first kappa shape index (κ1) is 17.2. The summed E-state index contributed by atoms with van der Waals surface area (Å²) in [5.74, 6) is 0.861. The summed E-state index contributed by atoms with van der Waals surface area (Å²) in [6.07, 6.45) is 0. The van der Waals surface area contributed by atoms with E-state index in [1.165, 1.54) is 22.1 Å². The van der Waals surface area contributed by atoms with Crippen molar-refractivity contribution >= 4 is 16.3 Å². The van der Waals surface area contributed by atoms with Gasteiger partial charge >= 0.3 is 0 Å². The zero-order valence-corrected chi connectivity index (χ0v) is 15.1. The lowest BCUT2D eigenvalue weighted by Crippen LogP contribution is -2.05. The summed E-state index contributed by atoms with van der Waals surface area (Å²) in [7, 11) is 1.68. The minimum absolute atomic E-state index is 0.531. The van der Waals surface area contributed by atoms with Gasteiger partial charge < -0.3 is 9.47 Å². The van der Waals surface area contributed by atoms with Crippen molar-refractivity contribution in [2.75, 3.05) is 20.3 Å².